The number of carbonyl (C=O) groups excluding carboxylic acids is 1. The summed E-state index contributed by atoms with van der Waals surface area (Å²) in [6.07, 6.45) is 13.7. The van der Waals surface area contributed by atoms with Gasteiger partial charge >= 0.3 is 0 Å². The molecule has 7 atom stereocenters. The number of rotatable bonds is 2. The maximum Gasteiger partial charge on any atom is 0.138 e. The van der Waals surface area contributed by atoms with Crippen LogP contribution in [0.2, 0.25) is 0 Å². The number of Topliss-reactive ketones (excluding diaryl/α,β-unsaturated/α-hetero) is 1. The largest absolute Gasteiger partial charge is 0.388 e. The average molecular weight is 455 g/mol. The van der Waals surface area contributed by atoms with Gasteiger partial charge in [-0.1, -0.05) is 46.8 Å². The van der Waals surface area contributed by atoms with Crippen LogP contribution in [0.3, 0.4) is 0 Å². The first-order chi connectivity index (χ1) is 15.2. The fourth-order valence-corrected chi connectivity index (χ4v) is 9.25. The first kappa shape index (κ1) is 23.8. The summed E-state index contributed by atoms with van der Waals surface area (Å²) in [6.45, 7) is 16.5. The van der Waals surface area contributed by atoms with E-state index in [0.717, 1.165) is 45.1 Å². The fourth-order valence-electron chi connectivity index (χ4n) is 9.25. The van der Waals surface area contributed by atoms with Gasteiger partial charge in [0, 0.05) is 11.8 Å². The van der Waals surface area contributed by atoms with Crippen molar-refractivity contribution >= 4 is 5.78 Å². The standard InChI is InChI=1S/C30H46O3/c1-26(2)23-10-9-22-21(28(23,5)15-14-24(26)31)13-17-29(6)20(12-16-30(22,29)7)19-8-11-25(33-18-19)27(3,4)32/h9,13,19-20,23,25,32H,8,10-12,14-18H2,1-7H3/t19-,20+,23-,25+,28+,29?,30-/m0/s1. The van der Waals surface area contributed by atoms with E-state index in [0.29, 0.717) is 23.5 Å². The lowest BCUT2D eigenvalue weighted by atomic mass is 9.44. The Morgan fingerprint density at radius 2 is 1.73 bits per heavy atom. The van der Waals surface area contributed by atoms with Crippen LogP contribution in [0, 0.1) is 39.4 Å². The summed E-state index contributed by atoms with van der Waals surface area (Å²) < 4.78 is 6.24. The Morgan fingerprint density at radius 3 is 2.36 bits per heavy atom. The van der Waals surface area contributed by atoms with Crippen LogP contribution in [0.1, 0.15) is 99.8 Å². The maximum absolute atomic E-state index is 12.8. The lowest BCUT2D eigenvalue weighted by Crippen LogP contribution is -2.53. The van der Waals surface area contributed by atoms with Crippen molar-refractivity contribution in [1.29, 1.82) is 0 Å². The topological polar surface area (TPSA) is 46.5 Å². The Morgan fingerprint density at radius 1 is 1.00 bits per heavy atom. The molecular formula is C30H46O3. The molecule has 33 heavy (non-hydrogen) atoms. The van der Waals surface area contributed by atoms with E-state index in [2.05, 4.69) is 46.8 Å². The van der Waals surface area contributed by atoms with Gasteiger partial charge in [-0.2, -0.15) is 0 Å². The summed E-state index contributed by atoms with van der Waals surface area (Å²) in [5.41, 5.74) is 2.80. The third-order valence-electron chi connectivity index (χ3n) is 11.7. The van der Waals surface area contributed by atoms with E-state index in [9.17, 15) is 9.90 Å². The summed E-state index contributed by atoms with van der Waals surface area (Å²) in [5, 5.41) is 10.4. The Balaban J connectivity index is 1.44. The van der Waals surface area contributed by atoms with Crippen LogP contribution in [-0.2, 0) is 9.53 Å². The second kappa shape index (κ2) is 7.29. The molecule has 0 aromatic carbocycles. The summed E-state index contributed by atoms with van der Waals surface area (Å²) in [5.74, 6) is 2.12. The molecule has 0 aromatic rings. The molecular weight excluding hydrogens is 408 g/mol. The van der Waals surface area contributed by atoms with Gasteiger partial charge in [0.25, 0.3) is 0 Å². The zero-order chi connectivity index (χ0) is 24.0. The van der Waals surface area contributed by atoms with Crippen LogP contribution in [0.15, 0.2) is 23.3 Å². The Kier molecular flexibility index (Phi) is 5.26. The van der Waals surface area contributed by atoms with Gasteiger partial charge in [0.05, 0.1) is 18.3 Å². The van der Waals surface area contributed by atoms with Gasteiger partial charge in [0.1, 0.15) is 5.78 Å². The highest BCUT2D eigenvalue weighted by Crippen LogP contribution is 2.71. The molecule has 0 aromatic heterocycles. The predicted octanol–water partition coefficient (Wildman–Crippen LogP) is 6.65. The van der Waals surface area contributed by atoms with Gasteiger partial charge in [-0.05, 0) is 104 Å². The highest BCUT2D eigenvalue weighted by atomic mass is 16.5. The van der Waals surface area contributed by atoms with Gasteiger partial charge in [-0.15, -0.1) is 0 Å². The quantitative estimate of drug-likeness (QED) is 0.508. The highest BCUT2D eigenvalue weighted by Gasteiger charge is 2.63. The van der Waals surface area contributed by atoms with Crippen molar-refractivity contribution in [3.8, 4) is 0 Å². The molecule has 184 valence electrons. The van der Waals surface area contributed by atoms with Crippen molar-refractivity contribution in [1.82, 2.24) is 0 Å². The summed E-state index contributed by atoms with van der Waals surface area (Å²) in [4.78, 5) is 12.8. The number of ketones is 1. The minimum absolute atomic E-state index is 0.0394. The number of ether oxygens (including phenoxy) is 1. The van der Waals surface area contributed by atoms with Crippen LogP contribution >= 0.6 is 0 Å². The molecule has 1 saturated heterocycles. The van der Waals surface area contributed by atoms with E-state index in [4.69, 9.17) is 4.74 Å². The zero-order valence-electron chi connectivity index (χ0n) is 22.1. The molecule has 1 heterocycles. The van der Waals surface area contributed by atoms with E-state index < -0.39 is 5.60 Å². The van der Waals surface area contributed by atoms with Crippen molar-refractivity contribution in [3.05, 3.63) is 23.3 Å². The third-order valence-corrected chi connectivity index (χ3v) is 11.7. The molecule has 0 radical (unpaired) electrons. The van der Waals surface area contributed by atoms with E-state index >= 15 is 0 Å². The number of fused-ring (bicyclic) bond motifs is 5. The first-order valence-electron chi connectivity index (χ1n) is 13.5. The summed E-state index contributed by atoms with van der Waals surface area (Å²) in [6, 6.07) is 0. The molecule has 4 aliphatic carbocycles. The van der Waals surface area contributed by atoms with Crippen LogP contribution in [0.4, 0.5) is 0 Å². The van der Waals surface area contributed by atoms with Gasteiger partial charge in [0.2, 0.25) is 0 Å². The zero-order valence-corrected chi connectivity index (χ0v) is 22.1. The molecule has 5 aliphatic rings. The van der Waals surface area contributed by atoms with Gasteiger partial charge in [-0.3, -0.25) is 4.79 Å². The molecule has 3 nitrogen and oxygen atoms in total. The second-order valence-corrected chi connectivity index (χ2v) is 14.0. The number of hydrogen-bond acceptors (Lipinski definition) is 3. The third kappa shape index (κ3) is 3.17. The smallest absolute Gasteiger partial charge is 0.138 e. The molecule has 3 fully saturated rings. The second-order valence-electron chi connectivity index (χ2n) is 14.0. The van der Waals surface area contributed by atoms with Crippen molar-refractivity contribution in [2.45, 2.75) is 112 Å². The Labute approximate surface area is 201 Å². The molecule has 2 saturated carbocycles. The van der Waals surface area contributed by atoms with Gasteiger partial charge in [-0.25, -0.2) is 0 Å². The number of hydrogen-bond donors (Lipinski definition) is 1. The predicted molar refractivity (Wildman–Crippen MR) is 133 cm³/mol. The Hall–Kier alpha value is -0.930. The van der Waals surface area contributed by atoms with Gasteiger partial charge in [0.15, 0.2) is 0 Å². The molecule has 0 bridgehead atoms. The minimum atomic E-state index is -0.754. The number of allylic oxidation sites excluding steroid dienone is 4. The van der Waals surface area contributed by atoms with Crippen molar-refractivity contribution < 1.29 is 14.6 Å². The van der Waals surface area contributed by atoms with E-state index in [1.54, 1.807) is 11.1 Å². The lowest BCUT2D eigenvalue weighted by Gasteiger charge is -2.59. The van der Waals surface area contributed by atoms with Crippen molar-refractivity contribution in [2.24, 2.45) is 39.4 Å². The monoisotopic (exact) mass is 454 g/mol. The lowest BCUT2D eigenvalue weighted by molar-refractivity contribution is -0.139. The van der Waals surface area contributed by atoms with E-state index in [1.165, 1.54) is 12.8 Å². The average Bonchev–Trinajstić information content (AvgIpc) is 3.02. The summed E-state index contributed by atoms with van der Waals surface area (Å²) >= 11 is 0. The highest BCUT2D eigenvalue weighted by molar-refractivity contribution is 5.86. The number of carbonyl (C=O) groups is 1. The minimum Gasteiger partial charge on any atom is -0.388 e. The molecule has 1 aliphatic heterocycles. The van der Waals surface area contributed by atoms with Crippen LogP contribution in [0.5, 0.6) is 0 Å². The molecule has 0 spiro atoms. The first-order valence-corrected chi connectivity index (χ1v) is 13.5. The van der Waals surface area contributed by atoms with E-state index in [-0.39, 0.29) is 27.8 Å². The Bertz CT molecular complexity index is 896. The molecule has 5 rings (SSSR count). The molecule has 3 heteroatoms. The van der Waals surface area contributed by atoms with Gasteiger partial charge < -0.3 is 9.84 Å². The normalized spacial score (nSPS) is 47.2. The molecule has 1 N–H and O–H groups in total. The SMILES string of the molecule is CC(C)(O)[C@H]1CC[C@H]([C@H]2CC[C@@]3(C)C4=CC[C@H]5C(C)(C)C(=O)CC[C@]5(C)C4=CCC23C)CO1. The van der Waals surface area contributed by atoms with E-state index in [1.807, 2.05) is 13.8 Å². The van der Waals surface area contributed by atoms with Crippen LogP contribution in [-0.4, -0.2) is 29.2 Å². The van der Waals surface area contributed by atoms with Crippen LogP contribution in [0.25, 0.3) is 0 Å². The number of aliphatic hydroxyl groups is 1. The van der Waals surface area contributed by atoms with Crippen molar-refractivity contribution in [2.75, 3.05) is 6.61 Å². The maximum atomic E-state index is 12.8. The fraction of sp³-hybridized carbons (Fsp3) is 0.833. The van der Waals surface area contributed by atoms with Crippen molar-refractivity contribution in [3.63, 3.8) is 0 Å². The molecule has 0 amide bonds. The molecule has 1 unspecified atom stereocenters. The van der Waals surface area contributed by atoms with Crippen LogP contribution < -0.4 is 0 Å². The summed E-state index contributed by atoms with van der Waals surface area (Å²) in [7, 11) is 0.